The Labute approximate surface area is 141 Å². The Hall–Kier alpha value is -1.30. The third-order valence-corrected chi connectivity index (χ3v) is 4.79. The zero-order valence-corrected chi connectivity index (χ0v) is 14.3. The maximum absolute atomic E-state index is 10.8. The van der Waals surface area contributed by atoms with Crippen molar-refractivity contribution in [1.29, 1.82) is 0 Å². The Morgan fingerprint density at radius 1 is 1.43 bits per heavy atom. The lowest BCUT2D eigenvalue weighted by molar-refractivity contribution is -0.144. The van der Waals surface area contributed by atoms with E-state index in [-0.39, 0.29) is 12.0 Å². The van der Waals surface area contributed by atoms with Gasteiger partial charge in [0.15, 0.2) is 6.10 Å². The summed E-state index contributed by atoms with van der Waals surface area (Å²) in [6.07, 6.45) is 1.03. The standard InChI is InChI=1S/C17H24ClNO4/c1-12(16(21)22)23-15-4-3-13(9-14(15)18)10-19-7-5-17(2,11-20)6-8-19/h3-4,9,12,20H,5-8,10-11H2,1-2H3,(H,21,22)/t12-/m1/s1. The summed E-state index contributed by atoms with van der Waals surface area (Å²) in [5.41, 5.74) is 1.11. The molecule has 0 saturated carbocycles. The number of nitrogens with zero attached hydrogens (tertiary/aromatic N) is 1. The van der Waals surface area contributed by atoms with Gasteiger partial charge < -0.3 is 14.9 Å². The van der Waals surface area contributed by atoms with Crippen LogP contribution >= 0.6 is 11.6 Å². The molecule has 1 aliphatic rings. The summed E-state index contributed by atoms with van der Waals surface area (Å²) in [5.74, 6) is -0.637. The molecule has 23 heavy (non-hydrogen) atoms. The molecule has 2 N–H and O–H groups in total. The highest BCUT2D eigenvalue weighted by molar-refractivity contribution is 6.32. The molecule has 1 fully saturated rings. The second-order valence-corrected chi connectivity index (χ2v) is 7.02. The van der Waals surface area contributed by atoms with Crippen LogP contribution in [0.2, 0.25) is 5.02 Å². The van der Waals surface area contributed by atoms with Gasteiger partial charge >= 0.3 is 5.97 Å². The number of likely N-dealkylation sites (tertiary alicyclic amines) is 1. The van der Waals surface area contributed by atoms with E-state index in [2.05, 4.69) is 11.8 Å². The topological polar surface area (TPSA) is 70.0 Å². The van der Waals surface area contributed by atoms with Crippen LogP contribution in [0.3, 0.4) is 0 Å². The fraction of sp³-hybridized carbons (Fsp3) is 0.588. The molecule has 5 nitrogen and oxygen atoms in total. The van der Waals surface area contributed by atoms with E-state index in [0.717, 1.165) is 38.0 Å². The monoisotopic (exact) mass is 341 g/mol. The summed E-state index contributed by atoms with van der Waals surface area (Å²) < 4.78 is 5.32. The van der Waals surface area contributed by atoms with Crippen molar-refractivity contribution in [3.8, 4) is 5.75 Å². The molecule has 1 atom stereocenters. The molecule has 1 aromatic rings. The molecule has 0 aromatic heterocycles. The Bertz CT molecular complexity index is 556. The lowest BCUT2D eigenvalue weighted by Gasteiger charge is -2.38. The second kappa shape index (κ2) is 7.51. The zero-order chi connectivity index (χ0) is 17.0. The molecule has 0 spiro atoms. The summed E-state index contributed by atoms with van der Waals surface area (Å²) in [6, 6.07) is 5.46. The Morgan fingerprint density at radius 3 is 2.61 bits per heavy atom. The van der Waals surface area contributed by atoms with Gasteiger partial charge in [0.2, 0.25) is 0 Å². The SMILES string of the molecule is C[C@@H](Oc1ccc(CN2CCC(C)(CO)CC2)cc1Cl)C(=O)O. The number of hydrogen-bond donors (Lipinski definition) is 2. The van der Waals surface area contributed by atoms with Gasteiger partial charge in [0.1, 0.15) is 5.75 Å². The Balaban J connectivity index is 1.95. The average Bonchev–Trinajstić information content (AvgIpc) is 2.52. The molecule has 1 heterocycles. The Morgan fingerprint density at radius 2 is 2.09 bits per heavy atom. The van der Waals surface area contributed by atoms with Crippen LogP contribution in [0, 0.1) is 5.41 Å². The predicted molar refractivity (Wildman–Crippen MR) is 88.9 cm³/mol. The summed E-state index contributed by atoms with van der Waals surface area (Å²) >= 11 is 6.19. The largest absolute Gasteiger partial charge is 0.479 e. The van der Waals surface area contributed by atoms with Gasteiger partial charge in [-0.25, -0.2) is 4.79 Å². The number of carboxylic acids is 1. The van der Waals surface area contributed by atoms with Crippen molar-refractivity contribution < 1.29 is 19.7 Å². The molecule has 0 bridgehead atoms. The maximum Gasteiger partial charge on any atom is 0.344 e. The van der Waals surface area contributed by atoms with E-state index in [1.54, 1.807) is 6.07 Å². The Kier molecular flexibility index (Phi) is 5.89. The lowest BCUT2D eigenvalue weighted by atomic mass is 9.81. The first kappa shape index (κ1) is 18.0. The van der Waals surface area contributed by atoms with Crippen LogP contribution in [0.5, 0.6) is 5.75 Å². The first-order valence-electron chi connectivity index (χ1n) is 7.84. The molecule has 2 rings (SSSR count). The summed E-state index contributed by atoms with van der Waals surface area (Å²) in [4.78, 5) is 13.2. The predicted octanol–water partition coefficient (Wildman–Crippen LogP) is 2.79. The molecule has 128 valence electrons. The fourth-order valence-corrected chi connectivity index (χ4v) is 2.89. The quantitative estimate of drug-likeness (QED) is 0.832. The molecule has 1 aromatic carbocycles. The number of ether oxygens (including phenoxy) is 1. The third kappa shape index (κ3) is 4.83. The number of hydrogen-bond acceptors (Lipinski definition) is 4. The first-order valence-corrected chi connectivity index (χ1v) is 8.22. The van der Waals surface area contributed by atoms with Crippen LogP contribution in [-0.4, -0.2) is 46.9 Å². The number of aliphatic hydroxyl groups excluding tert-OH is 1. The van der Waals surface area contributed by atoms with Gasteiger partial charge in [0.25, 0.3) is 0 Å². The third-order valence-electron chi connectivity index (χ3n) is 4.50. The molecule has 6 heteroatoms. The van der Waals surface area contributed by atoms with Gasteiger partial charge in [-0.1, -0.05) is 24.6 Å². The molecular weight excluding hydrogens is 318 g/mol. The van der Waals surface area contributed by atoms with Gasteiger partial charge in [-0.15, -0.1) is 0 Å². The van der Waals surface area contributed by atoms with Crippen molar-refractivity contribution in [2.75, 3.05) is 19.7 Å². The minimum absolute atomic E-state index is 0.0405. The highest BCUT2D eigenvalue weighted by Gasteiger charge is 2.29. The van der Waals surface area contributed by atoms with Gasteiger partial charge in [-0.2, -0.15) is 0 Å². The van der Waals surface area contributed by atoms with Crippen molar-refractivity contribution in [2.24, 2.45) is 5.41 Å². The number of carbonyl (C=O) groups is 1. The summed E-state index contributed by atoms with van der Waals surface area (Å²) in [5, 5.41) is 18.7. The van der Waals surface area contributed by atoms with Crippen molar-refractivity contribution in [3.63, 3.8) is 0 Å². The van der Waals surface area contributed by atoms with Crippen LogP contribution in [0.15, 0.2) is 18.2 Å². The van der Waals surface area contributed by atoms with E-state index in [9.17, 15) is 9.90 Å². The average molecular weight is 342 g/mol. The molecule has 0 radical (unpaired) electrons. The number of aliphatic hydroxyl groups is 1. The zero-order valence-electron chi connectivity index (χ0n) is 13.6. The van der Waals surface area contributed by atoms with Crippen molar-refractivity contribution in [3.05, 3.63) is 28.8 Å². The van der Waals surface area contributed by atoms with Crippen LogP contribution in [0.1, 0.15) is 32.3 Å². The molecule has 1 aliphatic heterocycles. The molecule has 1 saturated heterocycles. The number of benzene rings is 1. The van der Waals surface area contributed by atoms with Crippen molar-refractivity contribution in [1.82, 2.24) is 4.90 Å². The molecule has 0 unspecified atom stereocenters. The number of aliphatic carboxylic acids is 1. The van der Waals surface area contributed by atoms with Crippen molar-refractivity contribution in [2.45, 2.75) is 39.3 Å². The van der Waals surface area contributed by atoms with Gasteiger partial charge in [0, 0.05) is 13.2 Å². The van der Waals surface area contributed by atoms with Gasteiger partial charge in [-0.05, 0) is 56.0 Å². The van der Waals surface area contributed by atoms with Crippen LogP contribution in [-0.2, 0) is 11.3 Å². The summed E-state index contributed by atoms with van der Waals surface area (Å²) in [7, 11) is 0. The van der Waals surface area contributed by atoms with Crippen LogP contribution < -0.4 is 4.74 Å². The van der Waals surface area contributed by atoms with E-state index < -0.39 is 12.1 Å². The van der Waals surface area contributed by atoms with Gasteiger partial charge in [-0.3, -0.25) is 4.90 Å². The molecular formula is C17H24ClNO4. The van der Waals surface area contributed by atoms with Gasteiger partial charge in [0.05, 0.1) is 5.02 Å². The number of carboxylic acid groups (broad SMARTS) is 1. The van der Waals surface area contributed by atoms with E-state index in [1.165, 1.54) is 6.92 Å². The van der Waals surface area contributed by atoms with E-state index in [4.69, 9.17) is 21.4 Å². The number of piperidine rings is 1. The minimum atomic E-state index is -1.02. The van der Waals surface area contributed by atoms with E-state index in [0.29, 0.717) is 10.8 Å². The second-order valence-electron chi connectivity index (χ2n) is 6.61. The van der Waals surface area contributed by atoms with E-state index >= 15 is 0 Å². The lowest BCUT2D eigenvalue weighted by Crippen LogP contribution is -2.39. The minimum Gasteiger partial charge on any atom is -0.479 e. The highest BCUT2D eigenvalue weighted by Crippen LogP contribution is 2.32. The van der Waals surface area contributed by atoms with Crippen LogP contribution in [0.4, 0.5) is 0 Å². The van der Waals surface area contributed by atoms with Crippen molar-refractivity contribution >= 4 is 17.6 Å². The highest BCUT2D eigenvalue weighted by atomic mass is 35.5. The fourth-order valence-electron chi connectivity index (χ4n) is 2.65. The summed E-state index contributed by atoms with van der Waals surface area (Å²) in [6.45, 7) is 6.51. The van der Waals surface area contributed by atoms with Crippen LogP contribution in [0.25, 0.3) is 0 Å². The number of rotatable bonds is 6. The van der Waals surface area contributed by atoms with E-state index in [1.807, 2.05) is 12.1 Å². The number of halogens is 1. The first-order chi connectivity index (χ1) is 10.8. The molecule has 0 amide bonds. The normalized spacial score (nSPS) is 19.3. The maximum atomic E-state index is 10.8. The molecule has 0 aliphatic carbocycles. The smallest absolute Gasteiger partial charge is 0.344 e.